The van der Waals surface area contributed by atoms with E-state index in [1.807, 2.05) is 16.8 Å². The molecule has 4 heteroatoms. The van der Waals surface area contributed by atoms with Crippen molar-refractivity contribution in [2.75, 3.05) is 0 Å². The Bertz CT molecular complexity index is 589. The van der Waals surface area contributed by atoms with Crippen LogP contribution in [0, 0.1) is 6.92 Å². The van der Waals surface area contributed by atoms with Crippen molar-refractivity contribution >= 4 is 27.5 Å². The van der Waals surface area contributed by atoms with E-state index in [1.54, 1.807) is 0 Å². The van der Waals surface area contributed by atoms with E-state index in [-0.39, 0.29) is 0 Å². The van der Waals surface area contributed by atoms with E-state index in [2.05, 4.69) is 34.0 Å². The number of rotatable bonds is 1. The zero-order chi connectivity index (χ0) is 12.0. The van der Waals surface area contributed by atoms with Crippen LogP contribution in [0.5, 0.6) is 0 Å². The fourth-order valence-electron chi connectivity index (χ4n) is 2.37. The second kappa shape index (κ2) is 4.14. The molecule has 0 fully saturated rings. The third-order valence-corrected chi connectivity index (χ3v) is 4.11. The number of hydrogen-bond donors (Lipinski definition) is 0. The fraction of sp³-hybridized carbons (Fsp3) is 0.308. The molecule has 0 atom stereocenters. The van der Waals surface area contributed by atoms with Crippen LogP contribution in [-0.2, 0) is 12.8 Å². The van der Waals surface area contributed by atoms with Gasteiger partial charge in [-0.1, -0.05) is 27.5 Å². The molecule has 1 aromatic carbocycles. The fourth-order valence-corrected chi connectivity index (χ4v) is 3.18. The van der Waals surface area contributed by atoms with Gasteiger partial charge in [0.05, 0.1) is 11.4 Å². The van der Waals surface area contributed by atoms with E-state index in [0.717, 1.165) is 33.8 Å². The smallest absolute Gasteiger partial charge is 0.136 e. The SMILES string of the molecule is Cc1cc(Br)ccc1-n1nc2c(c1Cl)CCC2. The molecule has 2 nitrogen and oxygen atoms in total. The number of aryl methyl sites for hydroxylation is 2. The molecular weight excluding hydrogens is 300 g/mol. The normalized spacial score (nSPS) is 14.1. The van der Waals surface area contributed by atoms with E-state index >= 15 is 0 Å². The number of fused-ring (bicyclic) bond motifs is 1. The molecular formula is C13H12BrClN2. The quantitative estimate of drug-likeness (QED) is 0.776. The van der Waals surface area contributed by atoms with Crippen LogP contribution in [0.15, 0.2) is 22.7 Å². The standard InChI is InChI=1S/C13H12BrClN2/c1-8-7-9(14)5-6-12(8)17-13(15)10-3-2-4-11(10)16-17/h5-7H,2-4H2,1H3. The Balaban J connectivity index is 2.16. The molecule has 0 spiro atoms. The number of benzene rings is 1. The third-order valence-electron chi connectivity index (χ3n) is 3.23. The molecule has 1 aromatic heterocycles. The highest BCUT2D eigenvalue weighted by Crippen LogP contribution is 2.31. The Morgan fingerprint density at radius 2 is 2.18 bits per heavy atom. The van der Waals surface area contributed by atoms with Gasteiger partial charge < -0.3 is 0 Å². The summed E-state index contributed by atoms with van der Waals surface area (Å²) < 4.78 is 2.95. The van der Waals surface area contributed by atoms with Crippen molar-refractivity contribution in [2.45, 2.75) is 26.2 Å². The number of aromatic nitrogens is 2. The lowest BCUT2D eigenvalue weighted by molar-refractivity contribution is 0.798. The van der Waals surface area contributed by atoms with Crippen molar-refractivity contribution in [1.82, 2.24) is 9.78 Å². The molecule has 17 heavy (non-hydrogen) atoms. The zero-order valence-corrected chi connectivity index (χ0v) is 11.8. The van der Waals surface area contributed by atoms with Crippen molar-refractivity contribution in [3.05, 3.63) is 44.6 Å². The minimum absolute atomic E-state index is 0.780. The molecule has 3 rings (SSSR count). The van der Waals surface area contributed by atoms with Crippen LogP contribution in [0.4, 0.5) is 0 Å². The summed E-state index contributed by atoms with van der Waals surface area (Å²) in [6, 6.07) is 6.15. The molecule has 0 bridgehead atoms. The summed E-state index contributed by atoms with van der Waals surface area (Å²) in [6.07, 6.45) is 3.29. The highest BCUT2D eigenvalue weighted by atomic mass is 79.9. The largest absolute Gasteiger partial charge is 0.221 e. The molecule has 0 unspecified atom stereocenters. The van der Waals surface area contributed by atoms with E-state index in [0.29, 0.717) is 0 Å². The Labute approximate surface area is 114 Å². The van der Waals surface area contributed by atoms with Crippen LogP contribution in [0.3, 0.4) is 0 Å². The first kappa shape index (κ1) is 11.3. The molecule has 0 saturated heterocycles. The van der Waals surface area contributed by atoms with Gasteiger partial charge in [0, 0.05) is 10.0 Å². The third kappa shape index (κ3) is 1.81. The van der Waals surface area contributed by atoms with E-state index in [4.69, 9.17) is 11.6 Å². The van der Waals surface area contributed by atoms with Crippen molar-refractivity contribution in [2.24, 2.45) is 0 Å². The molecule has 0 N–H and O–H groups in total. The first-order chi connectivity index (χ1) is 8.16. The molecule has 1 heterocycles. The highest BCUT2D eigenvalue weighted by molar-refractivity contribution is 9.10. The van der Waals surface area contributed by atoms with Gasteiger partial charge >= 0.3 is 0 Å². The zero-order valence-electron chi connectivity index (χ0n) is 9.50. The average Bonchev–Trinajstić information content (AvgIpc) is 2.83. The maximum atomic E-state index is 6.40. The number of hydrogen-bond acceptors (Lipinski definition) is 1. The van der Waals surface area contributed by atoms with Crippen LogP contribution >= 0.6 is 27.5 Å². The summed E-state index contributed by atoms with van der Waals surface area (Å²) in [6.45, 7) is 2.07. The van der Waals surface area contributed by atoms with Crippen LogP contribution in [0.2, 0.25) is 5.15 Å². The Kier molecular flexibility index (Phi) is 2.75. The van der Waals surface area contributed by atoms with E-state index in [9.17, 15) is 0 Å². The summed E-state index contributed by atoms with van der Waals surface area (Å²) in [5.74, 6) is 0. The van der Waals surface area contributed by atoms with Gasteiger partial charge in [0.1, 0.15) is 5.15 Å². The molecule has 88 valence electrons. The predicted molar refractivity (Wildman–Crippen MR) is 73.0 cm³/mol. The van der Waals surface area contributed by atoms with Crippen molar-refractivity contribution in [3.63, 3.8) is 0 Å². The molecule has 1 aliphatic carbocycles. The maximum absolute atomic E-state index is 6.40. The highest BCUT2D eigenvalue weighted by Gasteiger charge is 2.22. The van der Waals surface area contributed by atoms with Crippen molar-refractivity contribution in [1.29, 1.82) is 0 Å². The van der Waals surface area contributed by atoms with Crippen molar-refractivity contribution in [3.8, 4) is 5.69 Å². The molecule has 0 saturated carbocycles. The van der Waals surface area contributed by atoms with Crippen LogP contribution in [0.25, 0.3) is 5.69 Å². The lowest BCUT2D eigenvalue weighted by Crippen LogP contribution is -2.00. The molecule has 1 aliphatic rings. The predicted octanol–water partition coefficient (Wildman–Crippen LogP) is 4.09. The second-order valence-corrected chi connectivity index (χ2v) is 5.69. The topological polar surface area (TPSA) is 17.8 Å². The number of halogens is 2. The lowest BCUT2D eigenvalue weighted by atomic mass is 10.2. The first-order valence-corrected chi connectivity index (χ1v) is 6.86. The van der Waals surface area contributed by atoms with Crippen LogP contribution in [0.1, 0.15) is 23.2 Å². The molecule has 2 aromatic rings. The summed E-state index contributed by atoms with van der Waals surface area (Å²) in [4.78, 5) is 0. The Hall–Kier alpha value is -0.800. The van der Waals surface area contributed by atoms with Gasteiger partial charge in [0.15, 0.2) is 0 Å². The molecule has 0 amide bonds. The summed E-state index contributed by atoms with van der Waals surface area (Å²) in [7, 11) is 0. The van der Waals surface area contributed by atoms with E-state index < -0.39 is 0 Å². The van der Waals surface area contributed by atoms with Crippen molar-refractivity contribution < 1.29 is 0 Å². The van der Waals surface area contributed by atoms with Gasteiger partial charge in [-0.3, -0.25) is 0 Å². The summed E-state index contributed by atoms with van der Waals surface area (Å²) >= 11 is 9.87. The van der Waals surface area contributed by atoms with Crippen LogP contribution in [-0.4, -0.2) is 9.78 Å². The summed E-state index contributed by atoms with van der Waals surface area (Å²) in [5.41, 5.74) is 4.63. The molecule has 0 radical (unpaired) electrons. The Morgan fingerprint density at radius 1 is 1.35 bits per heavy atom. The van der Waals surface area contributed by atoms with Gasteiger partial charge in [-0.15, -0.1) is 0 Å². The van der Waals surface area contributed by atoms with Gasteiger partial charge in [-0.25, -0.2) is 4.68 Å². The second-order valence-electron chi connectivity index (χ2n) is 4.41. The first-order valence-electron chi connectivity index (χ1n) is 5.69. The minimum Gasteiger partial charge on any atom is -0.221 e. The van der Waals surface area contributed by atoms with Gasteiger partial charge in [-0.05, 0) is 49.9 Å². The number of nitrogens with zero attached hydrogens (tertiary/aromatic N) is 2. The minimum atomic E-state index is 0.780. The average molecular weight is 312 g/mol. The van der Waals surface area contributed by atoms with Gasteiger partial charge in [-0.2, -0.15) is 5.10 Å². The van der Waals surface area contributed by atoms with Gasteiger partial charge in [0.25, 0.3) is 0 Å². The monoisotopic (exact) mass is 310 g/mol. The summed E-state index contributed by atoms with van der Waals surface area (Å²) in [5, 5.41) is 5.40. The van der Waals surface area contributed by atoms with Crippen LogP contribution < -0.4 is 0 Å². The Morgan fingerprint density at radius 3 is 2.88 bits per heavy atom. The molecule has 0 aliphatic heterocycles. The van der Waals surface area contributed by atoms with E-state index in [1.165, 1.54) is 17.5 Å². The lowest BCUT2D eigenvalue weighted by Gasteiger charge is -2.08. The van der Waals surface area contributed by atoms with Gasteiger partial charge in [0.2, 0.25) is 0 Å². The maximum Gasteiger partial charge on any atom is 0.136 e.